The molecule has 0 bridgehead atoms. The smallest absolute Gasteiger partial charge is 0.416 e. The molecule has 0 saturated heterocycles. The van der Waals surface area contributed by atoms with Crippen LogP contribution in [0.5, 0.6) is 0 Å². The molecule has 2 aromatic heterocycles. The molecular weight excluding hydrogens is 499 g/mol. The maximum Gasteiger partial charge on any atom is 0.416 e. The van der Waals surface area contributed by atoms with Crippen molar-refractivity contribution in [1.29, 1.82) is 0 Å². The highest BCUT2D eigenvalue weighted by atomic mass is 32.2. The fourth-order valence-corrected chi connectivity index (χ4v) is 5.06. The molecule has 0 N–H and O–H groups in total. The molecule has 0 saturated carbocycles. The number of benzene rings is 1. The molecule has 3 aromatic rings. The first-order valence-electron chi connectivity index (χ1n) is 11.1. The Kier molecular flexibility index (Phi) is 8.98. The minimum absolute atomic E-state index is 0.0898. The molecule has 12 heteroatoms. The van der Waals surface area contributed by atoms with Crippen molar-refractivity contribution in [2.24, 2.45) is 7.05 Å². The Hall–Kier alpha value is -3.09. The quantitative estimate of drug-likeness (QED) is 0.334. The Bertz CT molecular complexity index is 1240. The predicted octanol–water partition coefficient (Wildman–Crippen LogP) is 3.89. The van der Waals surface area contributed by atoms with Crippen LogP contribution < -0.4 is 0 Å². The summed E-state index contributed by atoms with van der Waals surface area (Å²) in [6.45, 7) is -0.197. The van der Waals surface area contributed by atoms with Crippen molar-refractivity contribution in [1.82, 2.24) is 13.8 Å². The SMILES string of the molecule is COCCCN(CC(=O)N(Cc1ccco1)Cc1cccn1C)S(=O)(=O)c1cccc(C(F)(F)F)c1. The number of furan rings is 1. The topological polar surface area (TPSA) is 85.0 Å². The van der Waals surface area contributed by atoms with Gasteiger partial charge in [0.05, 0.1) is 36.4 Å². The lowest BCUT2D eigenvalue weighted by Crippen LogP contribution is -2.43. The normalized spacial score (nSPS) is 12.3. The highest BCUT2D eigenvalue weighted by Crippen LogP contribution is 2.31. The Morgan fingerprint density at radius 3 is 2.50 bits per heavy atom. The number of halogens is 3. The van der Waals surface area contributed by atoms with E-state index >= 15 is 0 Å². The van der Waals surface area contributed by atoms with Gasteiger partial charge in [-0.1, -0.05) is 6.07 Å². The third-order valence-electron chi connectivity index (χ3n) is 5.55. The first-order chi connectivity index (χ1) is 17.0. The van der Waals surface area contributed by atoms with Crippen LogP contribution in [-0.2, 0) is 45.9 Å². The van der Waals surface area contributed by atoms with Gasteiger partial charge in [0.1, 0.15) is 5.76 Å². The zero-order valence-electron chi connectivity index (χ0n) is 19.9. The average molecular weight is 528 g/mol. The van der Waals surface area contributed by atoms with Gasteiger partial charge in [0.2, 0.25) is 15.9 Å². The molecular formula is C24H28F3N3O5S. The lowest BCUT2D eigenvalue weighted by Gasteiger charge is -2.27. The summed E-state index contributed by atoms with van der Waals surface area (Å²) in [5, 5.41) is 0. The van der Waals surface area contributed by atoms with Crippen molar-refractivity contribution < 1.29 is 35.5 Å². The van der Waals surface area contributed by atoms with E-state index in [1.807, 2.05) is 29.9 Å². The van der Waals surface area contributed by atoms with Crippen LogP contribution in [0, 0.1) is 0 Å². The minimum atomic E-state index is -4.71. The average Bonchev–Trinajstić information content (AvgIpc) is 3.49. The number of alkyl halides is 3. The van der Waals surface area contributed by atoms with E-state index in [4.69, 9.17) is 9.15 Å². The second kappa shape index (κ2) is 11.8. The zero-order valence-corrected chi connectivity index (χ0v) is 20.8. The van der Waals surface area contributed by atoms with Crippen LogP contribution in [0.15, 0.2) is 70.3 Å². The molecule has 1 aromatic carbocycles. The van der Waals surface area contributed by atoms with Gasteiger partial charge >= 0.3 is 6.18 Å². The summed E-state index contributed by atoms with van der Waals surface area (Å²) in [6.07, 6.45) is -1.18. The van der Waals surface area contributed by atoms with E-state index in [0.29, 0.717) is 11.8 Å². The van der Waals surface area contributed by atoms with Gasteiger partial charge in [-0.15, -0.1) is 0 Å². The molecule has 1 amide bonds. The number of rotatable bonds is 12. The van der Waals surface area contributed by atoms with Gasteiger partial charge < -0.3 is 18.6 Å². The van der Waals surface area contributed by atoms with E-state index in [-0.39, 0.29) is 32.7 Å². The molecule has 0 aliphatic carbocycles. The van der Waals surface area contributed by atoms with Crippen molar-refractivity contribution in [2.45, 2.75) is 30.6 Å². The second-order valence-corrected chi connectivity index (χ2v) is 10.1. The number of aryl methyl sites for hydroxylation is 1. The monoisotopic (exact) mass is 527 g/mol. The van der Waals surface area contributed by atoms with Crippen LogP contribution in [0.4, 0.5) is 13.2 Å². The van der Waals surface area contributed by atoms with Crippen LogP contribution in [0.2, 0.25) is 0 Å². The van der Waals surface area contributed by atoms with E-state index in [1.54, 1.807) is 12.1 Å². The van der Waals surface area contributed by atoms with E-state index < -0.39 is 39.1 Å². The fourth-order valence-electron chi connectivity index (χ4n) is 3.58. The number of hydrogen-bond donors (Lipinski definition) is 0. The highest BCUT2D eigenvalue weighted by Gasteiger charge is 2.34. The Balaban J connectivity index is 1.90. The first kappa shape index (κ1) is 27.5. The zero-order chi connectivity index (χ0) is 26.3. The highest BCUT2D eigenvalue weighted by molar-refractivity contribution is 7.89. The number of nitrogens with zero attached hydrogens (tertiary/aromatic N) is 3. The summed E-state index contributed by atoms with van der Waals surface area (Å²) in [7, 11) is -1.16. The van der Waals surface area contributed by atoms with Gasteiger partial charge in [-0.25, -0.2) is 8.42 Å². The number of carbonyl (C=O) groups excluding carboxylic acids is 1. The van der Waals surface area contributed by atoms with Gasteiger partial charge in [-0.2, -0.15) is 17.5 Å². The van der Waals surface area contributed by atoms with Crippen LogP contribution >= 0.6 is 0 Å². The number of hydrogen-bond acceptors (Lipinski definition) is 5. The number of aromatic nitrogens is 1. The molecule has 0 unspecified atom stereocenters. The van der Waals surface area contributed by atoms with Gasteiger partial charge in [-0.3, -0.25) is 4.79 Å². The van der Waals surface area contributed by atoms with Crippen LogP contribution in [0.1, 0.15) is 23.4 Å². The predicted molar refractivity (Wildman–Crippen MR) is 125 cm³/mol. The third kappa shape index (κ3) is 6.99. The summed E-state index contributed by atoms with van der Waals surface area (Å²) < 4.78 is 79.5. The van der Waals surface area contributed by atoms with Crippen molar-refractivity contribution in [3.63, 3.8) is 0 Å². The molecule has 0 radical (unpaired) electrons. The Morgan fingerprint density at radius 2 is 1.89 bits per heavy atom. The maximum absolute atomic E-state index is 13.4. The Morgan fingerprint density at radius 1 is 1.11 bits per heavy atom. The number of sulfonamides is 1. The first-order valence-corrected chi connectivity index (χ1v) is 12.5. The van der Waals surface area contributed by atoms with Crippen molar-refractivity contribution in [3.8, 4) is 0 Å². The van der Waals surface area contributed by atoms with Gasteiger partial charge in [0.15, 0.2) is 0 Å². The standard InChI is InChI=1S/C24H28F3N3O5S/c1-28-11-4-8-20(28)16-29(17-21-9-5-14-35-21)23(31)18-30(12-6-13-34-2)36(32,33)22-10-3-7-19(15-22)24(25,26)27/h3-5,7-11,14-15H,6,12-13,16-18H2,1-2H3. The maximum atomic E-state index is 13.4. The summed E-state index contributed by atoms with van der Waals surface area (Å²) in [4.78, 5) is 14.3. The van der Waals surface area contributed by atoms with E-state index in [0.717, 1.165) is 28.2 Å². The summed E-state index contributed by atoms with van der Waals surface area (Å²) in [6, 6.07) is 10.5. The van der Waals surface area contributed by atoms with Crippen LogP contribution in [-0.4, -0.2) is 54.9 Å². The molecule has 8 nitrogen and oxygen atoms in total. The van der Waals surface area contributed by atoms with E-state index in [9.17, 15) is 26.4 Å². The lowest BCUT2D eigenvalue weighted by atomic mass is 10.2. The van der Waals surface area contributed by atoms with Crippen molar-refractivity contribution in [2.75, 3.05) is 26.8 Å². The van der Waals surface area contributed by atoms with Crippen LogP contribution in [0.25, 0.3) is 0 Å². The number of methoxy groups -OCH3 is 1. The molecule has 0 aliphatic rings. The third-order valence-corrected chi connectivity index (χ3v) is 7.39. The van der Waals surface area contributed by atoms with Crippen molar-refractivity contribution in [3.05, 3.63) is 78.0 Å². The second-order valence-electron chi connectivity index (χ2n) is 8.15. The Labute approximate surface area is 207 Å². The molecule has 36 heavy (non-hydrogen) atoms. The molecule has 196 valence electrons. The molecule has 2 heterocycles. The molecule has 0 atom stereocenters. The van der Waals surface area contributed by atoms with Gasteiger partial charge in [-0.05, 0) is 48.9 Å². The summed E-state index contributed by atoms with van der Waals surface area (Å²) in [5.74, 6) is -0.0233. The molecule has 0 aliphatic heterocycles. The fraction of sp³-hybridized carbons (Fsp3) is 0.375. The lowest BCUT2D eigenvalue weighted by molar-refractivity contribution is -0.137. The molecule has 0 fully saturated rings. The molecule has 3 rings (SSSR count). The number of amides is 1. The largest absolute Gasteiger partial charge is 0.467 e. The van der Waals surface area contributed by atoms with Gasteiger partial charge in [0, 0.05) is 39.2 Å². The summed E-state index contributed by atoms with van der Waals surface area (Å²) >= 11 is 0. The number of carbonyl (C=O) groups is 1. The van der Waals surface area contributed by atoms with E-state index in [1.165, 1.54) is 18.3 Å². The van der Waals surface area contributed by atoms with Crippen LogP contribution in [0.3, 0.4) is 0 Å². The summed E-state index contributed by atoms with van der Waals surface area (Å²) in [5.41, 5.74) is -0.281. The van der Waals surface area contributed by atoms with E-state index in [2.05, 4.69) is 0 Å². The minimum Gasteiger partial charge on any atom is -0.467 e. The van der Waals surface area contributed by atoms with Crippen molar-refractivity contribution >= 4 is 15.9 Å². The number of ether oxygens (including phenoxy) is 1. The molecule has 0 spiro atoms. The van der Waals surface area contributed by atoms with Gasteiger partial charge in [0.25, 0.3) is 0 Å².